The number of nitrogens with zero attached hydrogens (tertiary/aromatic N) is 3. The molecular weight excluding hydrogens is 435 g/mol. The van der Waals surface area contributed by atoms with Crippen LogP contribution in [-0.2, 0) is 12.7 Å². The van der Waals surface area contributed by atoms with E-state index in [1.54, 1.807) is 53.4 Å². The number of aromatic nitrogens is 2. The molecule has 1 aliphatic heterocycles. The maximum absolute atomic E-state index is 13.6. The molecule has 5 rings (SSSR count). The van der Waals surface area contributed by atoms with Gasteiger partial charge in [-0.1, -0.05) is 30.3 Å². The van der Waals surface area contributed by atoms with Crippen molar-refractivity contribution in [3.05, 3.63) is 76.4 Å². The van der Waals surface area contributed by atoms with E-state index in [1.165, 1.54) is 10.6 Å². The molecule has 33 heavy (non-hydrogen) atoms. The molecule has 1 saturated heterocycles. The highest BCUT2D eigenvalue weighted by molar-refractivity contribution is 5.96. The van der Waals surface area contributed by atoms with E-state index in [0.717, 1.165) is 0 Å². The highest BCUT2D eigenvalue weighted by atomic mass is 19.4. The number of alkyl halides is 3. The minimum atomic E-state index is -4.56. The highest BCUT2D eigenvalue weighted by Crippen LogP contribution is 2.33. The Kier molecular flexibility index (Phi) is 5.19. The zero-order valence-corrected chi connectivity index (χ0v) is 17.5. The Bertz CT molecular complexity index is 1400. The highest BCUT2D eigenvalue weighted by Gasteiger charge is 2.38. The first-order valence-corrected chi connectivity index (χ1v) is 10.7. The standard InChI is InChI=1S/C24H20F3N3O3/c25-24(26,27)23-28-18-6-2-3-7-19(18)30(23)14-15-9-11-29(12-10-15)21(31)17-13-16-5-1-4-8-20(16)33-22(17)32/h1-8,13,15H,9-12,14H2. The van der Waals surface area contributed by atoms with Crippen molar-refractivity contribution in [2.75, 3.05) is 13.1 Å². The molecule has 0 saturated carbocycles. The molecule has 0 unspecified atom stereocenters. The molecule has 0 N–H and O–H groups in total. The van der Waals surface area contributed by atoms with Crippen molar-refractivity contribution < 1.29 is 22.4 Å². The van der Waals surface area contributed by atoms with Crippen LogP contribution in [0.1, 0.15) is 29.0 Å². The van der Waals surface area contributed by atoms with Gasteiger partial charge in [-0.05, 0) is 43.0 Å². The van der Waals surface area contributed by atoms with Crippen LogP contribution in [0.15, 0.2) is 63.8 Å². The van der Waals surface area contributed by atoms with Gasteiger partial charge in [-0.25, -0.2) is 9.78 Å². The topological polar surface area (TPSA) is 68.3 Å². The van der Waals surface area contributed by atoms with Gasteiger partial charge in [0.05, 0.1) is 11.0 Å². The van der Waals surface area contributed by atoms with Crippen molar-refractivity contribution >= 4 is 27.9 Å². The molecule has 9 heteroatoms. The lowest BCUT2D eigenvalue weighted by Crippen LogP contribution is -2.41. The Morgan fingerprint density at radius 1 is 1.06 bits per heavy atom. The zero-order chi connectivity index (χ0) is 23.2. The van der Waals surface area contributed by atoms with Crippen molar-refractivity contribution in [3.8, 4) is 0 Å². The smallest absolute Gasteiger partial charge is 0.422 e. The number of likely N-dealkylation sites (tertiary alicyclic amines) is 1. The number of para-hydroxylation sites is 3. The van der Waals surface area contributed by atoms with E-state index in [-0.39, 0.29) is 18.0 Å². The molecule has 0 aliphatic carbocycles. The van der Waals surface area contributed by atoms with E-state index < -0.39 is 23.5 Å². The summed E-state index contributed by atoms with van der Waals surface area (Å²) in [6, 6.07) is 15.0. The fourth-order valence-corrected chi connectivity index (χ4v) is 4.43. The molecule has 4 aromatic rings. The van der Waals surface area contributed by atoms with Crippen LogP contribution in [-0.4, -0.2) is 33.4 Å². The van der Waals surface area contributed by atoms with Crippen molar-refractivity contribution in [2.45, 2.75) is 25.6 Å². The second-order valence-corrected chi connectivity index (χ2v) is 8.25. The average molecular weight is 455 g/mol. The number of amides is 1. The van der Waals surface area contributed by atoms with Crippen LogP contribution in [0.4, 0.5) is 13.2 Å². The van der Waals surface area contributed by atoms with Gasteiger partial charge in [0.1, 0.15) is 11.1 Å². The van der Waals surface area contributed by atoms with Crippen LogP contribution in [0.25, 0.3) is 22.0 Å². The summed E-state index contributed by atoms with van der Waals surface area (Å²) in [6.07, 6.45) is -3.51. The number of carbonyl (C=O) groups is 1. The first-order valence-electron chi connectivity index (χ1n) is 10.7. The number of hydrogen-bond donors (Lipinski definition) is 0. The van der Waals surface area contributed by atoms with E-state index in [2.05, 4.69) is 4.98 Å². The Labute approximate surface area is 186 Å². The van der Waals surface area contributed by atoms with Gasteiger partial charge in [-0.15, -0.1) is 0 Å². The van der Waals surface area contributed by atoms with Gasteiger partial charge >= 0.3 is 11.8 Å². The third kappa shape index (κ3) is 3.99. The number of piperidine rings is 1. The number of imidazole rings is 1. The monoisotopic (exact) mass is 455 g/mol. The van der Waals surface area contributed by atoms with Gasteiger partial charge in [0.25, 0.3) is 5.91 Å². The molecule has 0 atom stereocenters. The van der Waals surface area contributed by atoms with E-state index >= 15 is 0 Å². The van der Waals surface area contributed by atoms with E-state index in [4.69, 9.17) is 4.42 Å². The normalized spacial score (nSPS) is 15.4. The summed E-state index contributed by atoms with van der Waals surface area (Å²) in [5, 5.41) is 0.655. The van der Waals surface area contributed by atoms with Crippen LogP contribution in [0.2, 0.25) is 0 Å². The number of benzene rings is 2. The molecule has 0 spiro atoms. The van der Waals surface area contributed by atoms with Crippen LogP contribution < -0.4 is 5.63 Å². The molecule has 3 heterocycles. The fourth-order valence-electron chi connectivity index (χ4n) is 4.43. The quantitative estimate of drug-likeness (QED) is 0.420. The lowest BCUT2D eigenvalue weighted by Gasteiger charge is -2.32. The lowest BCUT2D eigenvalue weighted by molar-refractivity contribution is -0.147. The minimum Gasteiger partial charge on any atom is -0.422 e. The second-order valence-electron chi connectivity index (χ2n) is 8.25. The first kappa shape index (κ1) is 21.2. The summed E-state index contributed by atoms with van der Waals surface area (Å²) in [5.74, 6) is -1.38. The zero-order valence-electron chi connectivity index (χ0n) is 17.5. The number of halogens is 3. The molecular formula is C24H20F3N3O3. The third-order valence-corrected chi connectivity index (χ3v) is 6.12. The lowest BCUT2D eigenvalue weighted by atomic mass is 9.96. The van der Waals surface area contributed by atoms with Crippen molar-refractivity contribution in [3.63, 3.8) is 0 Å². The fraction of sp³-hybridized carbons (Fsp3) is 0.292. The molecule has 1 amide bonds. The number of rotatable bonds is 3. The predicted molar refractivity (Wildman–Crippen MR) is 116 cm³/mol. The van der Waals surface area contributed by atoms with E-state index in [1.807, 2.05) is 0 Å². The van der Waals surface area contributed by atoms with Crippen LogP contribution in [0.5, 0.6) is 0 Å². The van der Waals surface area contributed by atoms with E-state index in [0.29, 0.717) is 47.9 Å². The minimum absolute atomic E-state index is 0.0351. The number of fused-ring (bicyclic) bond motifs is 2. The molecule has 0 bridgehead atoms. The van der Waals surface area contributed by atoms with Gasteiger partial charge in [0, 0.05) is 25.0 Å². The average Bonchev–Trinajstić information content (AvgIpc) is 3.18. The molecule has 2 aromatic heterocycles. The van der Waals surface area contributed by atoms with Gasteiger partial charge in [0.15, 0.2) is 0 Å². The summed E-state index contributed by atoms with van der Waals surface area (Å²) in [6.45, 7) is 0.864. The Morgan fingerprint density at radius 3 is 2.52 bits per heavy atom. The SMILES string of the molecule is O=C(c1cc2ccccc2oc1=O)N1CCC(Cn2c(C(F)(F)F)nc3ccccc32)CC1. The molecule has 1 fully saturated rings. The van der Waals surface area contributed by atoms with Crippen molar-refractivity contribution in [1.29, 1.82) is 0 Å². The van der Waals surface area contributed by atoms with Crippen LogP contribution in [0, 0.1) is 5.92 Å². The van der Waals surface area contributed by atoms with Gasteiger partial charge in [-0.3, -0.25) is 4.79 Å². The van der Waals surface area contributed by atoms with Crippen LogP contribution in [0.3, 0.4) is 0 Å². The maximum atomic E-state index is 13.6. The number of carbonyl (C=O) groups excluding carboxylic acids is 1. The molecule has 6 nitrogen and oxygen atoms in total. The summed E-state index contributed by atoms with van der Waals surface area (Å²) < 4.78 is 47.2. The summed E-state index contributed by atoms with van der Waals surface area (Å²) in [5.41, 5.74) is 0.427. The van der Waals surface area contributed by atoms with Gasteiger partial charge < -0.3 is 13.9 Å². The Morgan fingerprint density at radius 2 is 1.76 bits per heavy atom. The molecule has 170 valence electrons. The summed E-state index contributed by atoms with van der Waals surface area (Å²) in [4.78, 5) is 30.6. The van der Waals surface area contributed by atoms with Crippen LogP contribution >= 0.6 is 0 Å². The molecule has 2 aromatic carbocycles. The Hall–Kier alpha value is -3.62. The van der Waals surface area contributed by atoms with Gasteiger partial charge in [-0.2, -0.15) is 13.2 Å². The van der Waals surface area contributed by atoms with Crippen molar-refractivity contribution in [1.82, 2.24) is 14.5 Å². The van der Waals surface area contributed by atoms with Crippen molar-refractivity contribution in [2.24, 2.45) is 5.92 Å². The van der Waals surface area contributed by atoms with E-state index in [9.17, 15) is 22.8 Å². The predicted octanol–water partition coefficient (Wildman–Crippen LogP) is 4.71. The summed E-state index contributed by atoms with van der Waals surface area (Å²) >= 11 is 0. The third-order valence-electron chi connectivity index (χ3n) is 6.12. The first-order chi connectivity index (χ1) is 15.8. The summed E-state index contributed by atoms with van der Waals surface area (Å²) in [7, 11) is 0. The molecule has 0 radical (unpaired) electrons. The Balaban J connectivity index is 1.33. The molecule has 1 aliphatic rings. The maximum Gasteiger partial charge on any atom is 0.449 e. The largest absolute Gasteiger partial charge is 0.449 e. The van der Waals surface area contributed by atoms with Gasteiger partial charge in [0.2, 0.25) is 5.82 Å². The number of hydrogen-bond acceptors (Lipinski definition) is 4. The second kappa shape index (κ2) is 8.06.